The number of nitrogens with zero attached hydrogens (tertiary/aromatic N) is 3. The summed E-state index contributed by atoms with van der Waals surface area (Å²) in [5.41, 5.74) is 1.24. The summed E-state index contributed by atoms with van der Waals surface area (Å²) in [4.78, 5) is 11.7. The van der Waals surface area contributed by atoms with Gasteiger partial charge in [0.15, 0.2) is 5.13 Å². The van der Waals surface area contributed by atoms with E-state index in [0.29, 0.717) is 5.88 Å². The summed E-state index contributed by atoms with van der Waals surface area (Å²) in [6.45, 7) is 1.68. The Labute approximate surface area is 123 Å². The predicted molar refractivity (Wildman–Crippen MR) is 82.6 cm³/mol. The molecule has 2 aromatic rings. The van der Waals surface area contributed by atoms with E-state index >= 15 is 0 Å². The fraction of sp³-hybridized carbons (Fsp3) is 0.429. The number of thiazole rings is 1. The quantitative estimate of drug-likeness (QED) is 0.790. The van der Waals surface area contributed by atoms with Crippen molar-refractivity contribution in [3.8, 4) is 5.88 Å². The van der Waals surface area contributed by atoms with Gasteiger partial charge in [-0.2, -0.15) is 4.98 Å². The maximum atomic E-state index is 5.31. The second-order valence-electron chi connectivity index (χ2n) is 4.61. The van der Waals surface area contributed by atoms with Gasteiger partial charge in [0.1, 0.15) is 0 Å². The fourth-order valence-electron chi connectivity index (χ4n) is 1.77. The highest BCUT2D eigenvalue weighted by Crippen LogP contribution is 2.30. The largest absolute Gasteiger partial charge is 0.480 e. The number of hydrogen-bond donors (Lipinski definition) is 1. The Morgan fingerprint density at radius 1 is 1.40 bits per heavy atom. The molecule has 0 amide bonds. The Morgan fingerprint density at radius 3 is 2.90 bits per heavy atom. The van der Waals surface area contributed by atoms with E-state index in [2.05, 4.69) is 21.4 Å². The fourth-order valence-corrected chi connectivity index (χ4v) is 2.69. The van der Waals surface area contributed by atoms with Crippen LogP contribution in [0.2, 0.25) is 0 Å². The van der Waals surface area contributed by atoms with Gasteiger partial charge in [-0.15, -0.1) is 0 Å². The third-order valence-electron chi connectivity index (χ3n) is 2.82. The summed E-state index contributed by atoms with van der Waals surface area (Å²) in [5.74, 6) is 0.715. The molecule has 0 aliphatic carbocycles. The van der Waals surface area contributed by atoms with Gasteiger partial charge >= 0.3 is 0 Å². The van der Waals surface area contributed by atoms with E-state index in [1.807, 2.05) is 31.3 Å². The summed E-state index contributed by atoms with van der Waals surface area (Å²) in [5, 5.41) is 4.39. The average molecular weight is 292 g/mol. The van der Waals surface area contributed by atoms with Crippen molar-refractivity contribution in [3.05, 3.63) is 35.0 Å². The van der Waals surface area contributed by atoms with Gasteiger partial charge in [0.05, 0.1) is 12.0 Å². The van der Waals surface area contributed by atoms with Crippen molar-refractivity contribution < 1.29 is 4.74 Å². The average Bonchev–Trinajstić information content (AvgIpc) is 2.88. The molecule has 0 aromatic carbocycles. The first-order valence-corrected chi connectivity index (χ1v) is 7.33. The first-order valence-electron chi connectivity index (χ1n) is 6.51. The van der Waals surface area contributed by atoms with Crippen LogP contribution in [0.1, 0.15) is 10.4 Å². The molecule has 6 heteroatoms. The number of pyridine rings is 1. The van der Waals surface area contributed by atoms with Crippen molar-refractivity contribution in [2.75, 3.05) is 32.6 Å². The molecule has 5 nitrogen and oxygen atoms in total. The normalized spacial score (nSPS) is 10.6. The van der Waals surface area contributed by atoms with Crippen molar-refractivity contribution in [1.29, 1.82) is 0 Å². The van der Waals surface area contributed by atoms with E-state index in [0.717, 1.165) is 29.5 Å². The Balaban J connectivity index is 1.84. The highest BCUT2D eigenvalue weighted by atomic mass is 32.1. The molecule has 1 N–H and O–H groups in total. The highest BCUT2D eigenvalue weighted by Gasteiger charge is 2.12. The Bertz CT molecular complexity index is 527. The lowest BCUT2D eigenvalue weighted by Gasteiger charge is -2.05. The standard InChI is InChI=1S/C14H20N4OS/c1-18(2)14-17-13(19-3)12(20-14)10-16-8-6-11-5-4-7-15-9-11/h4-5,7,9,16H,6,8,10H2,1-3H3. The topological polar surface area (TPSA) is 50.3 Å². The van der Waals surface area contributed by atoms with Gasteiger partial charge in [-0.05, 0) is 24.6 Å². The predicted octanol–water partition coefficient (Wildman–Crippen LogP) is 1.95. The van der Waals surface area contributed by atoms with Crippen LogP contribution in [-0.4, -0.2) is 37.7 Å². The van der Waals surface area contributed by atoms with Crippen LogP contribution < -0.4 is 15.0 Å². The molecule has 108 valence electrons. The molecule has 0 aliphatic rings. The van der Waals surface area contributed by atoms with Gasteiger partial charge in [-0.25, -0.2) is 0 Å². The van der Waals surface area contributed by atoms with Crippen molar-refractivity contribution in [2.45, 2.75) is 13.0 Å². The zero-order chi connectivity index (χ0) is 14.4. The molecule has 0 fully saturated rings. The molecule has 2 aromatic heterocycles. The maximum absolute atomic E-state index is 5.31. The molecule has 0 atom stereocenters. The maximum Gasteiger partial charge on any atom is 0.230 e. The highest BCUT2D eigenvalue weighted by molar-refractivity contribution is 7.15. The third-order valence-corrected chi connectivity index (χ3v) is 4.03. The molecule has 20 heavy (non-hydrogen) atoms. The molecule has 2 heterocycles. The van der Waals surface area contributed by atoms with Crippen LogP contribution >= 0.6 is 11.3 Å². The van der Waals surface area contributed by atoms with Crippen LogP contribution in [0.25, 0.3) is 0 Å². The van der Waals surface area contributed by atoms with Crippen LogP contribution in [0.5, 0.6) is 5.88 Å². The van der Waals surface area contributed by atoms with Gasteiger partial charge in [0, 0.05) is 33.0 Å². The summed E-state index contributed by atoms with van der Waals surface area (Å²) >= 11 is 1.65. The zero-order valence-corrected chi connectivity index (χ0v) is 12.9. The monoisotopic (exact) mass is 292 g/mol. The van der Waals surface area contributed by atoms with E-state index in [1.165, 1.54) is 5.56 Å². The SMILES string of the molecule is COc1nc(N(C)C)sc1CNCCc1cccnc1. The number of hydrogen-bond acceptors (Lipinski definition) is 6. The van der Waals surface area contributed by atoms with E-state index in [4.69, 9.17) is 4.74 Å². The second kappa shape index (κ2) is 7.21. The molecule has 0 saturated carbocycles. The molecule has 2 rings (SSSR count). The summed E-state index contributed by atoms with van der Waals surface area (Å²) in [7, 11) is 5.63. The van der Waals surface area contributed by atoms with E-state index < -0.39 is 0 Å². The Morgan fingerprint density at radius 2 is 2.25 bits per heavy atom. The van der Waals surface area contributed by atoms with Gasteiger partial charge in [-0.3, -0.25) is 4.98 Å². The summed E-state index contributed by atoms with van der Waals surface area (Å²) in [6.07, 6.45) is 4.66. The smallest absolute Gasteiger partial charge is 0.230 e. The molecular formula is C14H20N4OS. The third kappa shape index (κ3) is 3.91. The number of ether oxygens (including phenoxy) is 1. The van der Waals surface area contributed by atoms with Gasteiger partial charge in [-0.1, -0.05) is 17.4 Å². The van der Waals surface area contributed by atoms with Gasteiger partial charge in [0.25, 0.3) is 0 Å². The van der Waals surface area contributed by atoms with Crippen molar-refractivity contribution in [2.24, 2.45) is 0 Å². The molecule has 0 saturated heterocycles. The minimum Gasteiger partial charge on any atom is -0.480 e. The lowest BCUT2D eigenvalue weighted by atomic mass is 10.2. The first kappa shape index (κ1) is 14.7. The first-order chi connectivity index (χ1) is 9.70. The molecule has 0 spiro atoms. The molecular weight excluding hydrogens is 272 g/mol. The van der Waals surface area contributed by atoms with E-state index in [9.17, 15) is 0 Å². The molecule has 0 radical (unpaired) electrons. The van der Waals surface area contributed by atoms with E-state index in [1.54, 1.807) is 24.6 Å². The van der Waals surface area contributed by atoms with E-state index in [-0.39, 0.29) is 0 Å². The van der Waals surface area contributed by atoms with Crippen LogP contribution in [0.3, 0.4) is 0 Å². The lowest BCUT2D eigenvalue weighted by molar-refractivity contribution is 0.395. The number of rotatable bonds is 7. The second-order valence-corrected chi connectivity index (χ2v) is 5.67. The Kier molecular flexibility index (Phi) is 5.31. The van der Waals surface area contributed by atoms with Crippen LogP contribution in [0, 0.1) is 0 Å². The minimum absolute atomic E-state index is 0.715. The van der Waals surface area contributed by atoms with Crippen LogP contribution in [0.15, 0.2) is 24.5 Å². The van der Waals surface area contributed by atoms with Crippen molar-refractivity contribution >= 4 is 16.5 Å². The van der Waals surface area contributed by atoms with Gasteiger partial charge in [0.2, 0.25) is 5.88 Å². The molecule has 0 bridgehead atoms. The Hall–Kier alpha value is -1.66. The zero-order valence-electron chi connectivity index (χ0n) is 12.1. The van der Waals surface area contributed by atoms with Crippen LogP contribution in [-0.2, 0) is 13.0 Å². The minimum atomic E-state index is 0.715. The van der Waals surface area contributed by atoms with Crippen LogP contribution in [0.4, 0.5) is 5.13 Å². The lowest BCUT2D eigenvalue weighted by Crippen LogP contribution is -2.16. The van der Waals surface area contributed by atoms with Gasteiger partial charge < -0.3 is 15.0 Å². The number of nitrogens with one attached hydrogen (secondary N) is 1. The summed E-state index contributed by atoms with van der Waals surface area (Å²) in [6, 6.07) is 4.05. The van der Waals surface area contributed by atoms with Crippen molar-refractivity contribution in [3.63, 3.8) is 0 Å². The number of anilines is 1. The molecule has 0 aliphatic heterocycles. The molecule has 0 unspecified atom stereocenters. The van der Waals surface area contributed by atoms with Crippen molar-refractivity contribution in [1.82, 2.24) is 15.3 Å². The number of aromatic nitrogens is 2. The number of methoxy groups -OCH3 is 1. The summed E-state index contributed by atoms with van der Waals surface area (Å²) < 4.78 is 5.31.